The van der Waals surface area contributed by atoms with Crippen LogP contribution < -0.4 is 10.2 Å². The second kappa shape index (κ2) is 7.56. The Labute approximate surface area is 132 Å². The molecule has 2 rings (SSSR count). The maximum Gasteiger partial charge on any atom is 0.277 e. The number of hydrogen-bond acceptors (Lipinski definition) is 3. The molecule has 2 aromatic rings. The second-order valence-electron chi connectivity index (χ2n) is 4.51. The number of nitrogens with one attached hydrogen (secondary N) is 1. The molecule has 1 amide bonds. The van der Waals surface area contributed by atoms with Crippen LogP contribution >= 0.6 is 11.6 Å². The minimum atomic E-state index is -0.433. The highest BCUT2D eigenvalue weighted by atomic mass is 35.5. The molecule has 4 nitrogen and oxygen atoms in total. The highest BCUT2D eigenvalue weighted by molar-refractivity contribution is 6.33. The Hall–Kier alpha value is -2.40. The summed E-state index contributed by atoms with van der Waals surface area (Å²) in [5, 5.41) is 3.97. The molecule has 1 N–H and O–H groups in total. The van der Waals surface area contributed by atoms with Gasteiger partial charge in [-0.25, -0.2) is 9.82 Å². The van der Waals surface area contributed by atoms with E-state index in [0.717, 1.165) is 5.56 Å². The minimum Gasteiger partial charge on any atom is -0.483 e. The normalized spacial score (nSPS) is 10.7. The van der Waals surface area contributed by atoms with Crippen molar-refractivity contribution in [1.82, 2.24) is 5.43 Å². The summed E-state index contributed by atoms with van der Waals surface area (Å²) in [5.74, 6) is -0.196. The first kappa shape index (κ1) is 16.0. The Morgan fingerprint density at radius 3 is 2.86 bits per heavy atom. The zero-order chi connectivity index (χ0) is 15.9. The van der Waals surface area contributed by atoms with Crippen LogP contribution in [-0.4, -0.2) is 18.7 Å². The van der Waals surface area contributed by atoms with Gasteiger partial charge in [-0.1, -0.05) is 29.8 Å². The number of hydrogen-bond donors (Lipinski definition) is 1. The number of aryl methyl sites for hydroxylation is 1. The maximum atomic E-state index is 12.9. The van der Waals surface area contributed by atoms with Crippen LogP contribution in [0, 0.1) is 12.7 Å². The molecular weight excluding hydrogens is 307 g/mol. The standard InChI is InChI=1S/C16H14ClFN2O2/c1-11-4-2-3-5-15(11)22-10-16(21)20-19-9-12-6-7-13(18)8-14(12)17/h2-9H,10H2,1H3,(H,20,21)/b19-9+. The smallest absolute Gasteiger partial charge is 0.277 e. The fraction of sp³-hybridized carbons (Fsp3) is 0.125. The Bertz CT molecular complexity index is 704. The van der Waals surface area contributed by atoms with E-state index >= 15 is 0 Å². The van der Waals surface area contributed by atoms with E-state index in [-0.39, 0.29) is 11.6 Å². The third-order valence-electron chi connectivity index (χ3n) is 2.81. The first-order valence-corrected chi connectivity index (χ1v) is 6.89. The molecule has 0 saturated heterocycles. The summed E-state index contributed by atoms with van der Waals surface area (Å²) >= 11 is 5.83. The molecule has 0 unspecified atom stereocenters. The Kier molecular flexibility index (Phi) is 5.49. The zero-order valence-corrected chi connectivity index (χ0v) is 12.6. The molecule has 2 aromatic carbocycles. The molecule has 0 aliphatic rings. The molecule has 0 aliphatic carbocycles. The predicted molar refractivity (Wildman–Crippen MR) is 83.8 cm³/mol. The molecule has 0 saturated carbocycles. The highest BCUT2D eigenvalue weighted by Crippen LogP contribution is 2.16. The lowest BCUT2D eigenvalue weighted by atomic mass is 10.2. The molecule has 0 radical (unpaired) electrons. The maximum absolute atomic E-state index is 12.9. The molecule has 0 fully saturated rings. The van der Waals surface area contributed by atoms with Crippen LogP contribution in [-0.2, 0) is 4.79 Å². The van der Waals surface area contributed by atoms with Crippen molar-refractivity contribution in [2.24, 2.45) is 5.10 Å². The van der Waals surface area contributed by atoms with Crippen LogP contribution in [0.15, 0.2) is 47.6 Å². The van der Waals surface area contributed by atoms with Gasteiger partial charge in [0.1, 0.15) is 11.6 Å². The van der Waals surface area contributed by atoms with E-state index in [1.54, 1.807) is 6.07 Å². The molecular formula is C16H14ClFN2O2. The van der Waals surface area contributed by atoms with Gasteiger partial charge >= 0.3 is 0 Å². The van der Waals surface area contributed by atoms with Crippen molar-refractivity contribution in [3.05, 3.63) is 64.4 Å². The first-order valence-electron chi connectivity index (χ1n) is 6.51. The number of carbonyl (C=O) groups excluding carboxylic acids is 1. The monoisotopic (exact) mass is 320 g/mol. The minimum absolute atomic E-state index is 0.153. The molecule has 22 heavy (non-hydrogen) atoms. The number of benzene rings is 2. The summed E-state index contributed by atoms with van der Waals surface area (Å²) in [5.41, 5.74) is 3.76. The summed E-state index contributed by atoms with van der Waals surface area (Å²) < 4.78 is 18.3. The van der Waals surface area contributed by atoms with E-state index in [9.17, 15) is 9.18 Å². The first-order chi connectivity index (χ1) is 10.6. The van der Waals surface area contributed by atoms with Crippen molar-refractivity contribution < 1.29 is 13.9 Å². The summed E-state index contributed by atoms with van der Waals surface area (Å²) in [7, 11) is 0. The quantitative estimate of drug-likeness (QED) is 0.678. The number of nitrogens with zero attached hydrogens (tertiary/aromatic N) is 1. The van der Waals surface area contributed by atoms with Crippen LogP contribution in [0.4, 0.5) is 4.39 Å². The Balaban J connectivity index is 1.85. The lowest BCUT2D eigenvalue weighted by Gasteiger charge is -2.07. The van der Waals surface area contributed by atoms with Crippen molar-refractivity contribution in [2.75, 3.05) is 6.61 Å². The molecule has 0 aromatic heterocycles. The van der Waals surface area contributed by atoms with E-state index in [1.165, 1.54) is 24.4 Å². The van der Waals surface area contributed by atoms with Crippen molar-refractivity contribution in [3.63, 3.8) is 0 Å². The van der Waals surface area contributed by atoms with E-state index in [0.29, 0.717) is 11.3 Å². The number of halogens is 2. The largest absolute Gasteiger partial charge is 0.483 e. The predicted octanol–water partition coefficient (Wildman–Crippen LogP) is 3.32. The summed E-state index contributed by atoms with van der Waals surface area (Å²) in [6, 6.07) is 11.3. The average Bonchev–Trinajstić information content (AvgIpc) is 2.49. The Morgan fingerprint density at radius 2 is 2.14 bits per heavy atom. The fourth-order valence-corrected chi connectivity index (χ4v) is 1.89. The lowest BCUT2D eigenvalue weighted by molar-refractivity contribution is -0.123. The van der Waals surface area contributed by atoms with Gasteiger partial charge in [-0.3, -0.25) is 4.79 Å². The van der Waals surface area contributed by atoms with Gasteiger partial charge in [0.2, 0.25) is 0 Å². The molecule has 0 atom stereocenters. The lowest BCUT2D eigenvalue weighted by Crippen LogP contribution is -2.24. The molecule has 0 spiro atoms. The molecule has 114 valence electrons. The number of carbonyl (C=O) groups is 1. The van der Waals surface area contributed by atoms with Crippen molar-refractivity contribution in [3.8, 4) is 5.75 Å². The number of rotatable bonds is 5. The molecule has 0 aliphatic heterocycles. The van der Waals surface area contributed by atoms with Gasteiger partial charge in [0.05, 0.1) is 11.2 Å². The van der Waals surface area contributed by atoms with Gasteiger partial charge in [-0.2, -0.15) is 5.10 Å². The van der Waals surface area contributed by atoms with E-state index in [2.05, 4.69) is 10.5 Å². The highest BCUT2D eigenvalue weighted by Gasteiger charge is 2.03. The van der Waals surface area contributed by atoms with Crippen molar-refractivity contribution in [2.45, 2.75) is 6.92 Å². The third kappa shape index (κ3) is 4.56. The SMILES string of the molecule is Cc1ccccc1OCC(=O)N/N=C/c1ccc(F)cc1Cl. The molecule has 0 heterocycles. The topological polar surface area (TPSA) is 50.7 Å². The number of ether oxygens (including phenoxy) is 1. The van der Waals surface area contributed by atoms with E-state index in [4.69, 9.17) is 16.3 Å². The third-order valence-corrected chi connectivity index (χ3v) is 3.14. The Morgan fingerprint density at radius 1 is 1.36 bits per heavy atom. The number of para-hydroxylation sites is 1. The summed E-state index contributed by atoms with van der Waals surface area (Å²) in [4.78, 5) is 11.6. The number of hydrazone groups is 1. The average molecular weight is 321 g/mol. The van der Waals surface area contributed by atoms with Gasteiger partial charge in [0.15, 0.2) is 6.61 Å². The molecule has 0 bridgehead atoms. The van der Waals surface area contributed by atoms with Crippen LogP contribution in [0.5, 0.6) is 5.75 Å². The van der Waals surface area contributed by atoms with Crippen LogP contribution in [0.1, 0.15) is 11.1 Å². The van der Waals surface area contributed by atoms with Gasteiger partial charge < -0.3 is 4.74 Å². The van der Waals surface area contributed by atoms with Gasteiger partial charge in [-0.05, 0) is 36.8 Å². The van der Waals surface area contributed by atoms with E-state index < -0.39 is 11.7 Å². The van der Waals surface area contributed by atoms with Crippen molar-refractivity contribution in [1.29, 1.82) is 0 Å². The van der Waals surface area contributed by atoms with Crippen LogP contribution in [0.25, 0.3) is 0 Å². The second-order valence-corrected chi connectivity index (χ2v) is 4.92. The van der Waals surface area contributed by atoms with Crippen molar-refractivity contribution >= 4 is 23.7 Å². The van der Waals surface area contributed by atoms with Gasteiger partial charge in [-0.15, -0.1) is 0 Å². The fourth-order valence-electron chi connectivity index (χ4n) is 1.67. The van der Waals surface area contributed by atoms with Gasteiger partial charge in [0, 0.05) is 5.56 Å². The summed E-state index contributed by atoms with van der Waals surface area (Å²) in [6.07, 6.45) is 1.34. The molecule has 6 heteroatoms. The van der Waals surface area contributed by atoms with Crippen LogP contribution in [0.3, 0.4) is 0 Å². The number of amides is 1. The zero-order valence-electron chi connectivity index (χ0n) is 11.8. The summed E-state index contributed by atoms with van der Waals surface area (Å²) in [6.45, 7) is 1.74. The van der Waals surface area contributed by atoms with E-state index in [1.807, 2.05) is 25.1 Å². The van der Waals surface area contributed by atoms with Crippen LogP contribution in [0.2, 0.25) is 5.02 Å². The van der Waals surface area contributed by atoms with Gasteiger partial charge in [0.25, 0.3) is 5.91 Å².